The fraction of sp³-hybridized carbons (Fsp3) is 0.262. The highest BCUT2D eigenvalue weighted by molar-refractivity contribution is 7.89. The van der Waals surface area contributed by atoms with Crippen LogP contribution < -0.4 is 26.7 Å². The van der Waals surface area contributed by atoms with Gasteiger partial charge in [0.15, 0.2) is 5.76 Å². The van der Waals surface area contributed by atoms with E-state index in [1.54, 1.807) is 71.0 Å². The Bertz CT molecular complexity index is 2430. The number of sulfonamides is 1. The van der Waals surface area contributed by atoms with Crippen molar-refractivity contribution in [2.45, 2.75) is 37.0 Å². The van der Waals surface area contributed by atoms with Crippen molar-refractivity contribution in [1.29, 1.82) is 0 Å². The summed E-state index contributed by atoms with van der Waals surface area (Å²) in [6, 6.07) is 28.7. The summed E-state index contributed by atoms with van der Waals surface area (Å²) < 4.78 is 48.7. The van der Waals surface area contributed by atoms with Crippen molar-refractivity contribution in [3.8, 4) is 11.4 Å². The number of carbonyl (C=O) groups excluding carboxylic acids is 2. The van der Waals surface area contributed by atoms with Crippen LogP contribution >= 0.6 is 0 Å². The van der Waals surface area contributed by atoms with Crippen LogP contribution in [0.2, 0.25) is 0 Å². The van der Waals surface area contributed by atoms with Gasteiger partial charge in [0.2, 0.25) is 16.3 Å². The maximum atomic E-state index is 14.1. The second-order valence-electron chi connectivity index (χ2n) is 13.5. The van der Waals surface area contributed by atoms with Crippen molar-refractivity contribution < 1.29 is 37.3 Å². The van der Waals surface area contributed by atoms with Gasteiger partial charge in [-0.15, -0.1) is 0 Å². The Hall–Kier alpha value is -6.20. The minimum absolute atomic E-state index is 0.0159. The van der Waals surface area contributed by atoms with Gasteiger partial charge in [0.1, 0.15) is 5.75 Å². The molecule has 0 fully saturated rings. The van der Waals surface area contributed by atoms with Crippen molar-refractivity contribution in [3.05, 3.63) is 148 Å². The molecule has 6 rings (SSSR count). The van der Waals surface area contributed by atoms with E-state index < -0.39 is 34.7 Å². The molecular formula is C42H46N6O9S. The summed E-state index contributed by atoms with van der Waals surface area (Å²) in [6.45, 7) is 1.01. The maximum Gasteiger partial charge on any atom is 0.286 e. The summed E-state index contributed by atoms with van der Waals surface area (Å²) in [5.74, 6) is -1.11. The highest BCUT2D eigenvalue weighted by atomic mass is 32.2. The topological polar surface area (TPSA) is 196 Å². The molecule has 0 aliphatic carbocycles. The summed E-state index contributed by atoms with van der Waals surface area (Å²) in [6.07, 6.45) is 0.703. The van der Waals surface area contributed by atoms with Crippen molar-refractivity contribution in [3.63, 3.8) is 0 Å². The van der Waals surface area contributed by atoms with Crippen molar-refractivity contribution in [2.24, 2.45) is 7.05 Å². The first-order valence-electron chi connectivity index (χ1n) is 18.5. The lowest BCUT2D eigenvalue weighted by atomic mass is 9.93. The lowest BCUT2D eigenvalue weighted by Gasteiger charge is -2.29. The van der Waals surface area contributed by atoms with Gasteiger partial charge in [0, 0.05) is 55.8 Å². The predicted molar refractivity (Wildman–Crippen MR) is 218 cm³/mol. The van der Waals surface area contributed by atoms with Crippen LogP contribution in [0.25, 0.3) is 5.69 Å². The quantitative estimate of drug-likeness (QED) is 0.106. The third kappa shape index (κ3) is 9.32. The number of rotatable bonds is 16. The molecule has 15 nitrogen and oxygen atoms in total. The van der Waals surface area contributed by atoms with Gasteiger partial charge in [-0.25, -0.2) is 13.1 Å². The summed E-state index contributed by atoms with van der Waals surface area (Å²) in [4.78, 5) is 40.6. The molecule has 2 heterocycles. The van der Waals surface area contributed by atoms with Gasteiger partial charge in [-0.3, -0.25) is 19.1 Å². The number of benzene rings is 4. The fourth-order valence-electron chi connectivity index (χ4n) is 6.63. The van der Waals surface area contributed by atoms with E-state index in [9.17, 15) is 27.9 Å². The van der Waals surface area contributed by atoms with Gasteiger partial charge in [0.05, 0.1) is 42.3 Å². The number of aromatic nitrogens is 2. The van der Waals surface area contributed by atoms with E-state index in [2.05, 4.69) is 10.6 Å². The Kier molecular flexibility index (Phi) is 13.1. The molecule has 2 amide bonds. The number of ether oxygens (including phenoxy) is 3. The minimum atomic E-state index is -4.02. The smallest absolute Gasteiger partial charge is 0.286 e. The Morgan fingerprint density at radius 1 is 0.948 bits per heavy atom. The van der Waals surface area contributed by atoms with E-state index in [0.717, 1.165) is 4.31 Å². The van der Waals surface area contributed by atoms with Crippen LogP contribution in [0.5, 0.6) is 5.75 Å². The van der Waals surface area contributed by atoms with Crippen LogP contribution in [0.1, 0.15) is 39.5 Å². The van der Waals surface area contributed by atoms with Gasteiger partial charge in [-0.1, -0.05) is 42.5 Å². The molecule has 0 saturated carbocycles. The molecular weight excluding hydrogens is 765 g/mol. The standard InChI is InChI=1S/C42H46N6O9S/c1-28-39(42(52)48(46(28)2)32-9-5-4-6-10-32)31-25-37(41(51)44-27-29-13-15-30(16-14-29)40(50)45-36-12-8-7-11-35(36)43)57-38(26-31)56-24-22-47(21-23-49)58(53,54)34-19-17-33(55-3)18-20-34/h4-20,25,31,38,49H,21-24,26-27,43H2,1-3H3,(H,44,51)(H,45,50)/t31-,38+/m1/s1. The average molecular weight is 811 g/mol. The molecule has 304 valence electrons. The number of hydrogen-bond donors (Lipinski definition) is 4. The third-order valence-corrected chi connectivity index (χ3v) is 11.7. The van der Waals surface area contributed by atoms with Crippen LogP contribution in [-0.2, 0) is 37.9 Å². The lowest BCUT2D eigenvalue weighted by Crippen LogP contribution is -2.38. The molecule has 58 heavy (non-hydrogen) atoms. The van der Waals surface area contributed by atoms with Crippen LogP contribution in [0.4, 0.5) is 11.4 Å². The fourth-order valence-corrected chi connectivity index (χ4v) is 8.05. The number of aliphatic hydroxyl groups is 1. The molecule has 5 aromatic rings. The number of anilines is 2. The second-order valence-corrected chi connectivity index (χ2v) is 15.4. The SMILES string of the molecule is COc1ccc(S(=O)(=O)N(CCO)CCO[C@@H]2C[C@H](c3c(C)n(C)n(-c4ccccc4)c3=O)C=C(C(=O)NCc3ccc(C(=O)Nc4ccccc4N)cc3)O2)cc1. The van der Waals surface area contributed by atoms with E-state index in [1.165, 1.54) is 31.4 Å². The van der Waals surface area contributed by atoms with E-state index in [0.29, 0.717) is 45.2 Å². The number of methoxy groups -OCH3 is 1. The molecule has 0 saturated heterocycles. The van der Waals surface area contributed by atoms with E-state index in [4.69, 9.17) is 19.9 Å². The number of carbonyl (C=O) groups is 2. The van der Waals surface area contributed by atoms with Gasteiger partial charge >= 0.3 is 0 Å². The van der Waals surface area contributed by atoms with Gasteiger partial charge < -0.3 is 35.7 Å². The summed E-state index contributed by atoms with van der Waals surface area (Å²) in [5, 5.41) is 15.4. The molecule has 5 N–H and O–H groups in total. The number of nitrogen functional groups attached to an aromatic ring is 1. The first-order chi connectivity index (χ1) is 27.9. The van der Waals surface area contributed by atoms with E-state index in [-0.39, 0.29) is 54.8 Å². The number of nitrogens with zero attached hydrogens (tertiary/aromatic N) is 3. The number of aliphatic hydroxyl groups excluding tert-OH is 1. The molecule has 2 atom stereocenters. The molecule has 0 bridgehead atoms. The first kappa shape index (κ1) is 41.4. The van der Waals surface area contributed by atoms with Crippen LogP contribution in [0.15, 0.2) is 125 Å². The third-order valence-electron chi connectivity index (χ3n) is 9.82. The largest absolute Gasteiger partial charge is 0.497 e. The molecule has 0 spiro atoms. The average Bonchev–Trinajstić information content (AvgIpc) is 3.46. The van der Waals surface area contributed by atoms with Crippen molar-refractivity contribution >= 4 is 33.2 Å². The number of para-hydroxylation sites is 3. The minimum Gasteiger partial charge on any atom is -0.497 e. The van der Waals surface area contributed by atoms with Crippen LogP contribution in [-0.4, -0.2) is 78.7 Å². The normalized spacial score (nSPS) is 15.4. The Morgan fingerprint density at radius 3 is 2.31 bits per heavy atom. The summed E-state index contributed by atoms with van der Waals surface area (Å²) in [5.41, 5.74) is 9.51. The molecule has 0 radical (unpaired) electrons. The molecule has 4 aromatic carbocycles. The molecule has 1 aliphatic rings. The zero-order valence-electron chi connectivity index (χ0n) is 32.3. The van der Waals surface area contributed by atoms with Gasteiger partial charge in [-0.05, 0) is 79.2 Å². The van der Waals surface area contributed by atoms with Crippen molar-refractivity contribution in [1.82, 2.24) is 19.0 Å². The monoisotopic (exact) mass is 810 g/mol. The Labute approximate surface area is 336 Å². The number of amides is 2. The van der Waals surface area contributed by atoms with E-state index >= 15 is 0 Å². The molecule has 16 heteroatoms. The second kappa shape index (κ2) is 18.4. The first-order valence-corrected chi connectivity index (χ1v) is 20.0. The zero-order valence-corrected chi connectivity index (χ0v) is 33.1. The Balaban J connectivity index is 1.19. The van der Waals surface area contributed by atoms with Gasteiger partial charge in [-0.2, -0.15) is 4.31 Å². The van der Waals surface area contributed by atoms with E-state index in [1.807, 2.05) is 37.3 Å². The summed E-state index contributed by atoms with van der Waals surface area (Å²) in [7, 11) is -0.760. The highest BCUT2D eigenvalue weighted by Crippen LogP contribution is 2.32. The number of nitrogens with one attached hydrogen (secondary N) is 2. The zero-order chi connectivity index (χ0) is 41.4. The highest BCUT2D eigenvalue weighted by Gasteiger charge is 2.33. The lowest BCUT2D eigenvalue weighted by molar-refractivity contribution is -0.146. The van der Waals surface area contributed by atoms with Crippen LogP contribution in [0.3, 0.4) is 0 Å². The maximum absolute atomic E-state index is 14.1. The number of hydrogen-bond acceptors (Lipinski definition) is 10. The van der Waals surface area contributed by atoms with Gasteiger partial charge in [0.25, 0.3) is 17.4 Å². The molecule has 0 unspecified atom stereocenters. The predicted octanol–water partition coefficient (Wildman–Crippen LogP) is 4.06. The molecule has 1 aliphatic heterocycles. The Morgan fingerprint density at radius 2 is 1.64 bits per heavy atom. The molecule has 1 aromatic heterocycles. The summed E-state index contributed by atoms with van der Waals surface area (Å²) >= 11 is 0. The van der Waals surface area contributed by atoms with Crippen molar-refractivity contribution in [2.75, 3.05) is 44.5 Å². The number of nitrogens with two attached hydrogens (primary N) is 1. The van der Waals surface area contributed by atoms with Crippen LogP contribution in [0, 0.1) is 6.92 Å². The number of allylic oxidation sites excluding steroid dienone is 1.